The first kappa shape index (κ1) is 9.45. The fourth-order valence-corrected chi connectivity index (χ4v) is 1.34. The molecule has 0 unspecified atom stereocenters. The summed E-state index contributed by atoms with van der Waals surface area (Å²) < 4.78 is 0. The molecule has 0 aromatic heterocycles. The van der Waals surface area contributed by atoms with Crippen LogP contribution in [0.15, 0.2) is 28.0 Å². The molecule has 0 aromatic rings. The predicted octanol–water partition coefficient (Wildman–Crippen LogP) is -0.166. The number of H-pyrrole nitrogens is 1. The van der Waals surface area contributed by atoms with Crippen molar-refractivity contribution in [1.29, 1.82) is 0 Å². The van der Waals surface area contributed by atoms with Gasteiger partial charge in [0.2, 0.25) is 0 Å². The van der Waals surface area contributed by atoms with E-state index in [4.69, 9.17) is 0 Å². The van der Waals surface area contributed by atoms with Crippen LogP contribution in [0.5, 0.6) is 0 Å². The predicted molar refractivity (Wildman–Crippen MR) is 52.8 cm³/mol. The Morgan fingerprint density at radius 1 is 1.60 bits per heavy atom. The zero-order valence-corrected chi connectivity index (χ0v) is 8.14. The molecule has 0 saturated heterocycles. The Morgan fingerprint density at radius 2 is 2.40 bits per heavy atom. The van der Waals surface area contributed by atoms with Crippen LogP contribution >= 0.6 is 0 Å². The van der Waals surface area contributed by atoms with Crippen LogP contribution in [-0.2, 0) is 0 Å². The van der Waals surface area contributed by atoms with Gasteiger partial charge in [0.1, 0.15) is 5.69 Å². The number of nitrogens with one attached hydrogen (secondary N) is 1. The van der Waals surface area contributed by atoms with E-state index in [1.165, 1.54) is 0 Å². The van der Waals surface area contributed by atoms with E-state index in [1.807, 2.05) is 6.92 Å². The van der Waals surface area contributed by atoms with Crippen LogP contribution in [0.25, 0.3) is 11.4 Å². The first-order chi connectivity index (χ1) is 7.20. The Hall–Kier alpha value is -2.11. The van der Waals surface area contributed by atoms with Crippen molar-refractivity contribution in [1.82, 2.24) is 14.9 Å². The fourth-order valence-electron chi connectivity index (χ4n) is 1.34. The summed E-state index contributed by atoms with van der Waals surface area (Å²) in [5.41, 5.74) is 0.255. The molecule has 0 amide bonds. The molecule has 6 nitrogen and oxygen atoms in total. The number of aromatic amines is 1. The summed E-state index contributed by atoms with van der Waals surface area (Å²) in [7, 11) is 0. The van der Waals surface area contributed by atoms with Crippen molar-refractivity contribution in [3.8, 4) is 11.4 Å². The van der Waals surface area contributed by atoms with Crippen molar-refractivity contribution in [3.63, 3.8) is 0 Å². The monoisotopic (exact) mass is 206 g/mol. The van der Waals surface area contributed by atoms with E-state index in [0.29, 0.717) is 22.8 Å². The maximum atomic E-state index is 10.9. The quantitative estimate of drug-likeness (QED) is 0.635. The maximum Gasteiger partial charge on any atom is 0.362 e. The average molecular weight is 206 g/mol. The second kappa shape index (κ2) is 3.56. The molecule has 0 radical (unpaired) electrons. The summed E-state index contributed by atoms with van der Waals surface area (Å²) in [4.78, 5) is 19.5. The first-order valence-electron chi connectivity index (χ1n) is 4.53. The second-order valence-corrected chi connectivity index (χ2v) is 2.99. The fraction of sp³-hybridized carbons (Fsp3) is 0.222. The molecule has 0 fully saturated rings. The SMILES string of the molecule is CCN=c1ccc2nc(=O)[nH]n(O)c-2c1. The number of hydrogen-bond acceptors (Lipinski definition) is 4. The molecular weight excluding hydrogens is 196 g/mol. The van der Waals surface area contributed by atoms with E-state index in [-0.39, 0.29) is 0 Å². The van der Waals surface area contributed by atoms with Crippen LogP contribution in [0, 0.1) is 0 Å². The largest absolute Gasteiger partial charge is 0.413 e. The zero-order valence-electron chi connectivity index (χ0n) is 8.14. The van der Waals surface area contributed by atoms with Crippen molar-refractivity contribution in [2.75, 3.05) is 6.54 Å². The molecule has 2 rings (SSSR count). The highest BCUT2D eigenvalue weighted by atomic mass is 16.5. The molecule has 0 saturated carbocycles. The van der Waals surface area contributed by atoms with Gasteiger partial charge < -0.3 is 5.21 Å². The Balaban J connectivity index is 2.77. The Labute approximate surface area is 84.8 Å². The van der Waals surface area contributed by atoms with E-state index < -0.39 is 5.69 Å². The molecule has 1 aliphatic carbocycles. The van der Waals surface area contributed by atoms with E-state index in [1.54, 1.807) is 18.2 Å². The molecule has 15 heavy (non-hydrogen) atoms. The van der Waals surface area contributed by atoms with E-state index >= 15 is 0 Å². The van der Waals surface area contributed by atoms with Crippen LogP contribution in [0.2, 0.25) is 0 Å². The summed E-state index contributed by atoms with van der Waals surface area (Å²) in [5, 5.41) is 12.3. The highest BCUT2D eigenvalue weighted by Crippen LogP contribution is 2.10. The van der Waals surface area contributed by atoms with Crippen LogP contribution in [-0.4, -0.2) is 26.7 Å². The highest BCUT2D eigenvalue weighted by Gasteiger charge is 2.07. The number of fused-ring (bicyclic) bond motifs is 1. The van der Waals surface area contributed by atoms with Gasteiger partial charge in [0, 0.05) is 6.54 Å². The van der Waals surface area contributed by atoms with E-state index in [9.17, 15) is 10.0 Å². The molecule has 1 heterocycles. The number of hydrogen-bond donors (Lipinski definition) is 2. The molecule has 78 valence electrons. The lowest BCUT2D eigenvalue weighted by molar-refractivity contribution is 0.144. The molecule has 0 bridgehead atoms. The Morgan fingerprint density at radius 3 is 3.13 bits per heavy atom. The maximum absolute atomic E-state index is 10.9. The van der Waals surface area contributed by atoms with Gasteiger partial charge in [0.15, 0.2) is 0 Å². The third-order valence-corrected chi connectivity index (χ3v) is 1.95. The van der Waals surface area contributed by atoms with Crippen molar-refractivity contribution in [3.05, 3.63) is 34.0 Å². The van der Waals surface area contributed by atoms with Crippen LogP contribution in [0.3, 0.4) is 0 Å². The lowest BCUT2D eigenvalue weighted by Gasteiger charge is -2.06. The van der Waals surface area contributed by atoms with Gasteiger partial charge in [0.25, 0.3) is 0 Å². The van der Waals surface area contributed by atoms with Gasteiger partial charge in [-0.1, -0.05) is 0 Å². The normalized spacial score (nSPS) is 12.2. The molecule has 1 aliphatic heterocycles. The first-order valence-corrected chi connectivity index (χ1v) is 4.53. The van der Waals surface area contributed by atoms with Gasteiger partial charge in [-0.3, -0.25) is 4.99 Å². The third kappa shape index (κ3) is 1.74. The lowest BCUT2D eigenvalue weighted by Crippen LogP contribution is -2.22. The number of nitrogens with zero attached hydrogens (tertiary/aromatic N) is 3. The molecule has 2 aliphatic rings. The third-order valence-electron chi connectivity index (χ3n) is 1.95. The van der Waals surface area contributed by atoms with Gasteiger partial charge in [0.05, 0.1) is 11.1 Å². The molecule has 6 heteroatoms. The topological polar surface area (TPSA) is 83.3 Å². The Kier molecular flexibility index (Phi) is 2.24. The van der Waals surface area contributed by atoms with Gasteiger partial charge >= 0.3 is 5.69 Å². The van der Waals surface area contributed by atoms with Crippen LogP contribution < -0.4 is 11.0 Å². The van der Waals surface area contributed by atoms with Gasteiger partial charge in [-0.2, -0.15) is 4.98 Å². The van der Waals surface area contributed by atoms with E-state index in [0.717, 1.165) is 5.36 Å². The Bertz CT molecular complexity index is 569. The van der Waals surface area contributed by atoms with Gasteiger partial charge in [-0.25, -0.2) is 9.89 Å². The summed E-state index contributed by atoms with van der Waals surface area (Å²) in [6.45, 7) is 2.58. The average Bonchev–Trinajstić information content (AvgIpc) is 2.19. The minimum absolute atomic E-state index is 0.421. The summed E-state index contributed by atoms with van der Waals surface area (Å²) in [6, 6.07) is 5.05. The van der Waals surface area contributed by atoms with Crippen molar-refractivity contribution in [2.45, 2.75) is 6.92 Å². The number of aromatic nitrogens is 3. The van der Waals surface area contributed by atoms with Gasteiger partial charge in [-0.15, -0.1) is 4.85 Å². The molecular formula is C9H10N4O2. The summed E-state index contributed by atoms with van der Waals surface area (Å²) in [5.74, 6) is 0. The standard InChI is InChI=1S/C9H10N4O2/c1-2-10-6-3-4-7-8(5-6)13(15)12-9(14)11-7/h3-5,15H,2H2,1H3,(H,12,14). The van der Waals surface area contributed by atoms with E-state index in [2.05, 4.69) is 15.1 Å². The lowest BCUT2D eigenvalue weighted by atomic mass is 10.2. The van der Waals surface area contributed by atoms with Crippen molar-refractivity contribution >= 4 is 0 Å². The smallest absolute Gasteiger partial charge is 0.362 e. The molecule has 0 atom stereocenters. The minimum Gasteiger partial charge on any atom is -0.413 e. The van der Waals surface area contributed by atoms with Gasteiger partial charge in [-0.05, 0) is 25.1 Å². The summed E-state index contributed by atoms with van der Waals surface area (Å²) >= 11 is 0. The van der Waals surface area contributed by atoms with Crippen LogP contribution in [0.4, 0.5) is 0 Å². The zero-order chi connectivity index (χ0) is 10.8. The second-order valence-electron chi connectivity index (χ2n) is 2.99. The number of rotatable bonds is 1. The molecule has 0 spiro atoms. The minimum atomic E-state index is -0.592. The molecule has 2 N–H and O–H groups in total. The highest BCUT2D eigenvalue weighted by molar-refractivity contribution is 5.53. The van der Waals surface area contributed by atoms with Crippen LogP contribution in [0.1, 0.15) is 6.92 Å². The number of benzene rings is 1. The summed E-state index contributed by atoms with van der Waals surface area (Å²) in [6.07, 6.45) is 0. The van der Waals surface area contributed by atoms with Crippen molar-refractivity contribution in [2.24, 2.45) is 4.99 Å². The van der Waals surface area contributed by atoms with Crippen molar-refractivity contribution < 1.29 is 5.21 Å². The molecule has 0 aromatic carbocycles.